The summed E-state index contributed by atoms with van der Waals surface area (Å²) in [6.45, 7) is 9.18. The summed E-state index contributed by atoms with van der Waals surface area (Å²) in [5.74, 6) is 1.01. The summed E-state index contributed by atoms with van der Waals surface area (Å²) in [6.07, 6.45) is 3.54. The topological polar surface area (TPSA) is 63.2 Å². The van der Waals surface area contributed by atoms with Gasteiger partial charge in [-0.05, 0) is 49.9 Å². The fourth-order valence-electron chi connectivity index (χ4n) is 2.40. The first kappa shape index (κ1) is 16.2. The minimum atomic E-state index is 0.158. The number of aromatic nitrogens is 3. The standard InChI is InChI=1S/C14H24ClN5O/c1-3-8-21-14-18-12(15)17-13(19-14)16-9-11(2)10-20-6-4-5-7-20/h11H,3-10H2,1-2H3,(H,16,17,18,19). The Morgan fingerprint density at radius 2 is 2.05 bits per heavy atom. The molecule has 1 aromatic heterocycles. The Bertz CT molecular complexity index is 439. The third-order valence-electron chi connectivity index (χ3n) is 3.40. The quantitative estimate of drug-likeness (QED) is 0.795. The Hall–Kier alpha value is -1.14. The molecule has 1 aromatic rings. The second-order valence-corrected chi connectivity index (χ2v) is 5.89. The van der Waals surface area contributed by atoms with E-state index in [2.05, 4.69) is 32.1 Å². The van der Waals surface area contributed by atoms with Gasteiger partial charge in [0.25, 0.3) is 0 Å². The van der Waals surface area contributed by atoms with E-state index >= 15 is 0 Å². The Kier molecular flexibility index (Phi) is 6.45. The number of rotatable bonds is 8. The molecule has 0 amide bonds. The van der Waals surface area contributed by atoms with Crippen LogP contribution in [0.3, 0.4) is 0 Å². The Balaban J connectivity index is 1.82. The first-order valence-electron chi connectivity index (χ1n) is 7.68. The van der Waals surface area contributed by atoms with Crippen molar-refractivity contribution in [1.29, 1.82) is 0 Å². The van der Waals surface area contributed by atoms with Gasteiger partial charge in [0.05, 0.1) is 6.61 Å². The molecule has 0 aromatic carbocycles. The molecule has 1 saturated heterocycles. The molecule has 1 atom stereocenters. The molecule has 6 nitrogen and oxygen atoms in total. The molecule has 7 heteroatoms. The monoisotopic (exact) mass is 313 g/mol. The maximum atomic E-state index is 5.89. The largest absolute Gasteiger partial charge is 0.463 e. The van der Waals surface area contributed by atoms with Crippen LogP contribution in [-0.2, 0) is 0 Å². The van der Waals surface area contributed by atoms with Gasteiger partial charge in [-0.3, -0.25) is 0 Å². The summed E-state index contributed by atoms with van der Waals surface area (Å²) in [6, 6.07) is 0.284. The molecule has 0 spiro atoms. The van der Waals surface area contributed by atoms with E-state index in [-0.39, 0.29) is 11.3 Å². The molecule has 1 aliphatic rings. The number of nitrogens with one attached hydrogen (secondary N) is 1. The molecule has 0 saturated carbocycles. The van der Waals surface area contributed by atoms with E-state index in [1.807, 2.05) is 6.92 Å². The van der Waals surface area contributed by atoms with E-state index in [4.69, 9.17) is 16.3 Å². The van der Waals surface area contributed by atoms with Crippen molar-refractivity contribution in [3.05, 3.63) is 5.28 Å². The predicted molar refractivity (Wildman–Crippen MR) is 84.0 cm³/mol. The zero-order valence-corrected chi connectivity index (χ0v) is 13.6. The highest BCUT2D eigenvalue weighted by Crippen LogP contribution is 2.13. The summed E-state index contributed by atoms with van der Waals surface area (Å²) in [5, 5.41) is 3.38. The third-order valence-corrected chi connectivity index (χ3v) is 3.57. The number of hydrogen-bond donors (Lipinski definition) is 1. The smallest absolute Gasteiger partial charge is 0.322 e. The lowest BCUT2D eigenvalue weighted by Crippen LogP contribution is -2.29. The number of likely N-dealkylation sites (tertiary alicyclic amines) is 1. The number of ether oxygens (including phenoxy) is 1. The second kappa shape index (κ2) is 8.34. The highest BCUT2D eigenvalue weighted by Gasteiger charge is 2.15. The molecule has 2 rings (SSSR count). The van der Waals surface area contributed by atoms with Crippen LogP contribution in [0.2, 0.25) is 5.28 Å². The van der Waals surface area contributed by atoms with Crippen molar-refractivity contribution in [2.24, 2.45) is 5.92 Å². The fraction of sp³-hybridized carbons (Fsp3) is 0.786. The molecule has 2 heterocycles. The van der Waals surface area contributed by atoms with Gasteiger partial charge in [0, 0.05) is 13.1 Å². The van der Waals surface area contributed by atoms with Crippen LogP contribution in [0.5, 0.6) is 6.01 Å². The molecule has 1 aliphatic heterocycles. The Morgan fingerprint density at radius 1 is 1.29 bits per heavy atom. The van der Waals surface area contributed by atoms with Crippen LogP contribution in [0.15, 0.2) is 0 Å². The number of hydrogen-bond acceptors (Lipinski definition) is 6. The molecule has 0 radical (unpaired) electrons. The third kappa shape index (κ3) is 5.63. The number of anilines is 1. The molecular weight excluding hydrogens is 290 g/mol. The van der Waals surface area contributed by atoms with Gasteiger partial charge in [0.1, 0.15) is 0 Å². The summed E-state index contributed by atoms with van der Waals surface area (Å²) in [7, 11) is 0. The van der Waals surface area contributed by atoms with Crippen molar-refractivity contribution >= 4 is 17.5 Å². The van der Waals surface area contributed by atoms with E-state index in [1.54, 1.807) is 0 Å². The van der Waals surface area contributed by atoms with Crippen LogP contribution in [0.1, 0.15) is 33.1 Å². The van der Waals surface area contributed by atoms with Gasteiger partial charge in [0.2, 0.25) is 11.2 Å². The van der Waals surface area contributed by atoms with Gasteiger partial charge < -0.3 is 15.0 Å². The van der Waals surface area contributed by atoms with E-state index in [9.17, 15) is 0 Å². The van der Waals surface area contributed by atoms with Crippen LogP contribution in [0.4, 0.5) is 5.95 Å². The average Bonchev–Trinajstić information content (AvgIpc) is 2.95. The van der Waals surface area contributed by atoms with Crippen molar-refractivity contribution in [2.45, 2.75) is 33.1 Å². The molecular formula is C14H24ClN5O. The van der Waals surface area contributed by atoms with Crippen LogP contribution in [0.25, 0.3) is 0 Å². The minimum absolute atomic E-state index is 0.158. The molecule has 1 N–H and O–H groups in total. The molecule has 0 bridgehead atoms. The van der Waals surface area contributed by atoms with Crippen LogP contribution < -0.4 is 10.1 Å². The maximum absolute atomic E-state index is 5.89. The average molecular weight is 314 g/mol. The number of halogens is 1. The SMILES string of the molecule is CCCOc1nc(Cl)nc(NCC(C)CN2CCCC2)n1. The van der Waals surface area contributed by atoms with Crippen LogP contribution >= 0.6 is 11.6 Å². The number of nitrogens with zero attached hydrogens (tertiary/aromatic N) is 4. The zero-order valence-electron chi connectivity index (χ0n) is 12.8. The van der Waals surface area contributed by atoms with Crippen molar-refractivity contribution in [2.75, 3.05) is 38.1 Å². The van der Waals surface area contributed by atoms with E-state index in [0.717, 1.165) is 19.5 Å². The van der Waals surface area contributed by atoms with Gasteiger partial charge in [-0.2, -0.15) is 15.0 Å². The van der Waals surface area contributed by atoms with Gasteiger partial charge in [-0.15, -0.1) is 0 Å². The summed E-state index contributed by atoms with van der Waals surface area (Å²) >= 11 is 5.89. The zero-order chi connectivity index (χ0) is 15.1. The first-order chi connectivity index (χ1) is 10.2. The maximum Gasteiger partial charge on any atom is 0.322 e. The van der Waals surface area contributed by atoms with Gasteiger partial charge in [-0.25, -0.2) is 0 Å². The van der Waals surface area contributed by atoms with Crippen molar-refractivity contribution in [3.8, 4) is 6.01 Å². The lowest BCUT2D eigenvalue weighted by atomic mass is 10.1. The Morgan fingerprint density at radius 3 is 2.76 bits per heavy atom. The van der Waals surface area contributed by atoms with Crippen molar-refractivity contribution in [3.63, 3.8) is 0 Å². The Labute approximate surface area is 131 Å². The van der Waals surface area contributed by atoms with Crippen molar-refractivity contribution < 1.29 is 4.74 Å². The predicted octanol–water partition coefficient (Wildman–Crippen LogP) is 2.46. The minimum Gasteiger partial charge on any atom is -0.463 e. The second-order valence-electron chi connectivity index (χ2n) is 5.55. The highest BCUT2D eigenvalue weighted by atomic mass is 35.5. The van der Waals surface area contributed by atoms with E-state index < -0.39 is 0 Å². The van der Waals surface area contributed by atoms with E-state index in [1.165, 1.54) is 25.9 Å². The normalized spacial score (nSPS) is 16.9. The molecule has 1 unspecified atom stereocenters. The molecule has 21 heavy (non-hydrogen) atoms. The van der Waals surface area contributed by atoms with Gasteiger partial charge in [-0.1, -0.05) is 13.8 Å². The van der Waals surface area contributed by atoms with Crippen LogP contribution in [-0.4, -0.2) is 52.6 Å². The molecule has 118 valence electrons. The van der Waals surface area contributed by atoms with Gasteiger partial charge in [0.15, 0.2) is 0 Å². The van der Waals surface area contributed by atoms with Crippen molar-refractivity contribution in [1.82, 2.24) is 19.9 Å². The summed E-state index contributed by atoms with van der Waals surface area (Å²) < 4.78 is 5.40. The van der Waals surface area contributed by atoms with E-state index in [0.29, 0.717) is 18.5 Å². The van der Waals surface area contributed by atoms with Crippen LogP contribution in [0, 0.1) is 5.92 Å². The lowest BCUT2D eigenvalue weighted by Gasteiger charge is -2.20. The van der Waals surface area contributed by atoms with Gasteiger partial charge >= 0.3 is 6.01 Å². The molecule has 0 aliphatic carbocycles. The lowest BCUT2D eigenvalue weighted by molar-refractivity contribution is 0.290. The summed E-state index contributed by atoms with van der Waals surface area (Å²) in [5.41, 5.74) is 0. The summed E-state index contributed by atoms with van der Waals surface area (Å²) in [4.78, 5) is 14.8. The fourth-order valence-corrected chi connectivity index (χ4v) is 2.56. The first-order valence-corrected chi connectivity index (χ1v) is 8.05. The highest BCUT2D eigenvalue weighted by molar-refractivity contribution is 6.28. The molecule has 1 fully saturated rings.